The van der Waals surface area contributed by atoms with Crippen LogP contribution in [-0.2, 0) is 11.1 Å². The van der Waals surface area contributed by atoms with Gasteiger partial charge in [-0.3, -0.25) is 9.00 Å². The number of hydrogen-bond acceptors (Lipinski definition) is 6. The Bertz CT molecular complexity index is 478. The van der Waals surface area contributed by atoms with Crippen LogP contribution in [-0.4, -0.2) is 60.0 Å². The van der Waals surface area contributed by atoms with Crippen molar-refractivity contribution in [3.63, 3.8) is 0 Å². The summed E-state index contributed by atoms with van der Waals surface area (Å²) >= 11 is -2.36. The molecule has 1 aromatic carbocycles. The lowest BCUT2D eigenvalue weighted by molar-refractivity contribution is 0.0827. The summed E-state index contributed by atoms with van der Waals surface area (Å²) in [7, 11) is 8.17. The fraction of sp³-hybridized carbons (Fsp3) is 0.417. The Kier molecular flexibility index (Phi) is 8.00. The number of nitrogens with zero attached hydrogens (tertiary/aromatic N) is 2. The Morgan fingerprint density at radius 1 is 1.30 bits per heavy atom. The molecule has 0 saturated heterocycles. The zero-order valence-corrected chi connectivity index (χ0v) is 13.0. The first-order valence-corrected chi connectivity index (χ1v) is 6.76. The number of hydrogen-bond donors (Lipinski definition) is 2. The van der Waals surface area contributed by atoms with E-state index in [0.717, 1.165) is 0 Å². The van der Waals surface area contributed by atoms with E-state index in [0.29, 0.717) is 11.3 Å². The number of anilines is 1. The molecule has 8 heteroatoms. The molecule has 1 aromatic rings. The molecule has 0 radical (unpaired) electrons. The maximum Gasteiger partial charge on any atom is 0.253 e. The molecule has 1 amide bonds. The Hall–Kier alpha value is -1.48. The fourth-order valence-corrected chi connectivity index (χ4v) is 2.05. The van der Waals surface area contributed by atoms with E-state index in [1.165, 1.54) is 18.0 Å². The average Bonchev–Trinajstić information content (AvgIpc) is 2.37. The average molecular weight is 302 g/mol. The van der Waals surface area contributed by atoms with Gasteiger partial charge in [0, 0.05) is 45.7 Å². The van der Waals surface area contributed by atoms with E-state index >= 15 is 0 Å². The first kappa shape index (κ1) is 18.5. The molecule has 1 atom stereocenters. The molecule has 1 rings (SSSR count). The molecule has 0 aromatic heterocycles. The van der Waals surface area contributed by atoms with Gasteiger partial charge in [-0.05, 0) is 29.3 Å². The standard InChI is InChI=1S/C11H16N2O3S.CH5NO/c1-12(2)9-6-5-8(11(14)13(3)4)7-10(9)17(15)16;1-2-3/h5-7H,1-4H3,(H,15,16);2-3H,1H3/p-1. The Labute approximate surface area is 121 Å². The molecule has 2 N–H and O–H groups in total. The second kappa shape index (κ2) is 8.64. The number of nitrogens with one attached hydrogen (secondary N) is 1. The second-order valence-corrected chi connectivity index (χ2v) is 5.14. The second-order valence-electron chi connectivity index (χ2n) is 4.23. The minimum atomic E-state index is -2.36. The van der Waals surface area contributed by atoms with Crippen LogP contribution in [0.25, 0.3) is 0 Å². The normalized spacial score (nSPS) is 11.2. The number of benzene rings is 1. The lowest BCUT2D eigenvalue weighted by Crippen LogP contribution is -2.22. The zero-order valence-electron chi connectivity index (χ0n) is 12.2. The van der Waals surface area contributed by atoms with Crippen LogP contribution in [0.2, 0.25) is 0 Å². The monoisotopic (exact) mass is 302 g/mol. The van der Waals surface area contributed by atoms with Gasteiger partial charge >= 0.3 is 0 Å². The third-order valence-corrected chi connectivity index (χ3v) is 2.96. The first-order valence-electron chi connectivity index (χ1n) is 5.69. The summed E-state index contributed by atoms with van der Waals surface area (Å²) in [6.45, 7) is 0. The van der Waals surface area contributed by atoms with Crippen molar-refractivity contribution in [2.45, 2.75) is 4.90 Å². The van der Waals surface area contributed by atoms with Crippen molar-refractivity contribution >= 4 is 22.7 Å². The zero-order chi connectivity index (χ0) is 15.9. The third-order valence-electron chi connectivity index (χ3n) is 2.27. The largest absolute Gasteiger partial charge is 0.768 e. The molecule has 0 aliphatic carbocycles. The van der Waals surface area contributed by atoms with E-state index < -0.39 is 11.1 Å². The number of carbonyl (C=O) groups excluding carboxylic acids is 1. The van der Waals surface area contributed by atoms with Crippen LogP contribution in [0.3, 0.4) is 0 Å². The summed E-state index contributed by atoms with van der Waals surface area (Å²) < 4.78 is 22.2. The van der Waals surface area contributed by atoms with Gasteiger partial charge in [0.05, 0.1) is 5.69 Å². The quantitative estimate of drug-likeness (QED) is 0.615. The molecule has 0 heterocycles. The highest BCUT2D eigenvalue weighted by atomic mass is 32.2. The van der Waals surface area contributed by atoms with Gasteiger partial charge in [0.25, 0.3) is 5.91 Å². The fourth-order valence-electron chi connectivity index (χ4n) is 1.41. The molecule has 20 heavy (non-hydrogen) atoms. The van der Waals surface area contributed by atoms with Crippen molar-refractivity contribution in [1.29, 1.82) is 0 Å². The van der Waals surface area contributed by atoms with Gasteiger partial charge in [-0.25, -0.2) is 5.48 Å². The summed E-state index contributed by atoms with van der Waals surface area (Å²) in [4.78, 5) is 14.9. The number of rotatable bonds is 3. The van der Waals surface area contributed by atoms with Gasteiger partial charge < -0.3 is 19.6 Å². The number of hydroxylamine groups is 1. The molecule has 0 spiro atoms. The van der Waals surface area contributed by atoms with Crippen LogP contribution in [0.15, 0.2) is 23.1 Å². The smallest absolute Gasteiger partial charge is 0.253 e. The van der Waals surface area contributed by atoms with Crippen LogP contribution in [0.5, 0.6) is 0 Å². The number of carbonyl (C=O) groups is 1. The van der Waals surface area contributed by atoms with E-state index in [-0.39, 0.29) is 10.8 Å². The number of amides is 1. The molecular formula is C12H20N3O4S-. The predicted octanol–water partition coefficient (Wildman–Crippen LogP) is 0.287. The molecule has 0 aliphatic rings. The van der Waals surface area contributed by atoms with Crippen LogP contribution < -0.4 is 10.4 Å². The molecule has 7 nitrogen and oxygen atoms in total. The maximum absolute atomic E-state index is 11.7. The highest BCUT2D eigenvalue weighted by Crippen LogP contribution is 2.23. The first-order chi connectivity index (χ1) is 9.26. The molecule has 0 fully saturated rings. The molecule has 0 aliphatic heterocycles. The highest BCUT2D eigenvalue weighted by molar-refractivity contribution is 7.79. The van der Waals surface area contributed by atoms with Gasteiger partial charge in [0.2, 0.25) is 0 Å². The van der Waals surface area contributed by atoms with E-state index in [1.807, 2.05) is 0 Å². The summed E-state index contributed by atoms with van der Waals surface area (Å²) in [6, 6.07) is 4.64. The molecule has 1 unspecified atom stereocenters. The van der Waals surface area contributed by atoms with Gasteiger partial charge in [0.15, 0.2) is 0 Å². The van der Waals surface area contributed by atoms with Crippen LogP contribution in [0.1, 0.15) is 10.4 Å². The van der Waals surface area contributed by atoms with Gasteiger partial charge in [0.1, 0.15) is 0 Å². The van der Waals surface area contributed by atoms with Crippen LogP contribution in [0.4, 0.5) is 5.69 Å². The van der Waals surface area contributed by atoms with Crippen molar-refractivity contribution in [1.82, 2.24) is 10.4 Å². The van der Waals surface area contributed by atoms with E-state index in [1.54, 1.807) is 50.7 Å². The topological polar surface area (TPSA) is 95.9 Å². The van der Waals surface area contributed by atoms with Gasteiger partial charge in [-0.2, -0.15) is 0 Å². The van der Waals surface area contributed by atoms with Gasteiger partial charge in [-0.1, -0.05) is 0 Å². The summed E-state index contributed by atoms with van der Waals surface area (Å²) in [6.07, 6.45) is 0. The highest BCUT2D eigenvalue weighted by Gasteiger charge is 2.12. The Morgan fingerprint density at radius 2 is 1.80 bits per heavy atom. The molecule has 0 bridgehead atoms. The van der Waals surface area contributed by atoms with Crippen molar-refractivity contribution in [2.75, 3.05) is 40.1 Å². The summed E-state index contributed by atoms with van der Waals surface area (Å²) in [5.41, 5.74) is 2.67. The summed E-state index contributed by atoms with van der Waals surface area (Å²) in [5.74, 6) is -0.220. The van der Waals surface area contributed by atoms with Crippen molar-refractivity contribution in [3.8, 4) is 0 Å². The molecule has 0 saturated carbocycles. The van der Waals surface area contributed by atoms with Crippen LogP contribution in [0, 0.1) is 0 Å². The van der Waals surface area contributed by atoms with Crippen molar-refractivity contribution in [2.24, 2.45) is 0 Å². The van der Waals surface area contributed by atoms with Crippen molar-refractivity contribution < 1.29 is 18.8 Å². The molecule has 114 valence electrons. The van der Waals surface area contributed by atoms with E-state index in [2.05, 4.69) is 0 Å². The maximum atomic E-state index is 11.7. The minimum absolute atomic E-state index is 0.128. The molecular weight excluding hydrogens is 282 g/mol. The Balaban J connectivity index is 0.00000110. The Morgan fingerprint density at radius 3 is 2.15 bits per heavy atom. The predicted molar refractivity (Wildman–Crippen MR) is 76.8 cm³/mol. The minimum Gasteiger partial charge on any atom is -0.768 e. The van der Waals surface area contributed by atoms with E-state index in [4.69, 9.17) is 5.21 Å². The van der Waals surface area contributed by atoms with Crippen molar-refractivity contribution in [3.05, 3.63) is 23.8 Å². The van der Waals surface area contributed by atoms with E-state index in [9.17, 15) is 13.6 Å². The summed E-state index contributed by atoms with van der Waals surface area (Å²) in [5, 5.41) is 7.32. The van der Waals surface area contributed by atoms with Gasteiger partial charge in [-0.15, -0.1) is 0 Å². The lowest BCUT2D eigenvalue weighted by atomic mass is 10.2. The SMILES string of the molecule is CN(C)C(=O)c1ccc(N(C)C)c(S(=O)[O-])c1.CNO. The van der Waals surface area contributed by atoms with Crippen LogP contribution >= 0.6 is 0 Å². The lowest BCUT2D eigenvalue weighted by Gasteiger charge is -2.20. The third kappa shape index (κ3) is 5.25.